The Hall–Kier alpha value is -3.06. The summed E-state index contributed by atoms with van der Waals surface area (Å²) in [4.78, 5) is 48.8. The molecular weight excluding hydrogens is 771 g/mol. The van der Waals surface area contributed by atoms with Crippen molar-refractivity contribution in [3.05, 3.63) is 40.2 Å². The molecule has 55 heavy (non-hydrogen) atoms. The van der Waals surface area contributed by atoms with Gasteiger partial charge in [-0.3, -0.25) is 14.4 Å². The minimum atomic E-state index is -1.59. The summed E-state index contributed by atoms with van der Waals surface area (Å²) < 4.78 is 29.5. The van der Waals surface area contributed by atoms with Gasteiger partial charge in [0.25, 0.3) is 0 Å². The van der Waals surface area contributed by atoms with E-state index in [4.69, 9.17) is 23.4 Å². The fraction of sp³-hybridized carbons (Fsp3) is 0.647. The van der Waals surface area contributed by atoms with E-state index in [0.717, 1.165) is 23.5 Å². The Morgan fingerprint density at radius 1 is 0.691 bits per heavy atom. The topological polar surface area (TPSA) is 296 Å². The molecule has 3 fully saturated rings. The molecule has 0 radical (unpaired) electrons. The van der Waals surface area contributed by atoms with E-state index in [1.807, 2.05) is 0 Å². The number of aryl methyl sites for hydroxylation is 1. The number of hydrogen-bond acceptors (Lipinski definition) is 18. The second-order valence-electron chi connectivity index (χ2n) is 13.5. The van der Waals surface area contributed by atoms with E-state index >= 15 is 0 Å². The van der Waals surface area contributed by atoms with Gasteiger partial charge in [0.2, 0.25) is 24.0 Å². The average Bonchev–Trinajstić information content (AvgIpc) is 3.12. The van der Waals surface area contributed by atoms with Crippen LogP contribution in [-0.2, 0) is 28.6 Å². The Bertz CT molecular complexity index is 1740. The van der Waals surface area contributed by atoms with Crippen molar-refractivity contribution < 1.29 is 73.5 Å². The van der Waals surface area contributed by atoms with E-state index in [9.17, 15) is 54.9 Å². The molecule has 0 spiro atoms. The van der Waals surface area contributed by atoms with Crippen LogP contribution in [0.2, 0.25) is 0 Å². The zero-order chi connectivity index (χ0) is 40.3. The summed E-state index contributed by atoms with van der Waals surface area (Å²) in [5, 5.41) is 81.8. The van der Waals surface area contributed by atoms with Crippen molar-refractivity contribution in [2.75, 3.05) is 19.8 Å². The molecule has 3 aliphatic rings. The van der Waals surface area contributed by atoms with Crippen LogP contribution in [0.5, 0.6) is 5.75 Å². The summed E-state index contributed by atoms with van der Waals surface area (Å²) in [6.07, 6.45) is -11.2. The van der Waals surface area contributed by atoms with Crippen molar-refractivity contribution in [3.63, 3.8) is 0 Å². The SMILES string of the molecule is CC(=O)N[C@@H]1[C@@H](O)[C@H](S[C@@H]2O[C@H](CO)[C@@H](O)[C@H](O)[C@H]2NC(C)=O)[C@@H](CO)O[C@H]1S[C@H]1[C@H](O)[C@@H](NC(C)=O)[C@H](Oc2ccc3c(C)cc(=O)oc3c2)O[C@@H]1CO. The molecule has 4 heterocycles. The summed E-state index contributed by atoms with van der Waals surface area (Å²) in [6, 6.07) is 2.30. The van der Waals surface area contributed by atoms with Crippen LogP contribution in [-0.4, -0.2) is 162 Å². The molecule has 3 aliphatic heterocycles. The first-order valence-corrected chi connectivity index (χ1v) is 19.3. The standard InChI is InChI=1S/C34H47N3O16S2/c1-12-7-22(44)50-18-8-16(5-6-17(12)18)49-32-23(35-13(2)41)28(47)30(20(10-39)51-32)54-34-25(37-15(4)43)29(48)31(21(11-40)53-34)55-33-24(36-14(3)42)27(46)26(45)19(9-38)52-33/h5-8,19-21,23-34,38-40,45-48H,9-11H2,1-4H3,(H,35,41)(H,36,42)(H,37,43)/t19-,20-,21-,23-,24-,25-,26-,27-,28-,29-,30-,31-,32-,33+,34+/m1/s1. The highest BCUT2D eigenvalue weighted by atomic mass is 32.2. The van der Waals surface area contributed by atoms with Gasteiger partial charge in [-0.15, -0.1) is 23.5 Å². The molecule has 19 nitrogen and oxygen atoms in total. The fourth-order valence-electron chi connectivity index (χ4n) is 6.87. The number of rotatable bonds is 12. The van der Waals surface area contributed by atoms with E-state index in [0.29, 0.717) is 10.9 Å². The number of benzene rings is 1. The summed E-state index contributed by atoms with van der Waals surface area (Å²) >= 11 is 1.69. The van der Waals surface area contributed by atoms with Crippen molar-refractivity contribution in [1.29, 1.82) is 0 Å². The number of amides is 3. The van der Waals surface area contributed by atoms with Crippen molar-refractivity contribution in [1.82, 2.24) is 16.0 Å². The number of ether oxygens (including phenoxy) is 4. The van der Waals surface area contributed by atoms with Crippen molar-refractivity contribution in [2.24, 2.45) is 0 Å². The maximum absolute atomic E-state index is 12.5. The molecular formula is C34H47N3O16S2. The van der Waals surface area contributed by atoms with Crippen LogP contribution >= 0.6 is 23.5 Å². The molecule has 10 N–H and O–H groups in total. The zero-order valence-electron chi connectivity index (χ0n) is 30.2. The molecule has 0 aliphatic carbocycles. The molecule has 15 atom stereocenters. The third-order valence-corrected chi connectivity index (χ3v) is 12.6. The largest absolute Gasteiger partial charge is 0.462 e. The molecule has 1 aromatic heterocycles. The normalized spacial score (nSPS) is 36.5. The molecule has 21 heteroatoms. The van der Waals surface area contributed by atoms with Crippen LogP contribution in [0.15, 0.2) is 33.5 Å². The number of carbonyl (C=O) groups excluding carboxylic acids is 3. The predicted molar refractivity (Wildman–Crippen MR) is 195 cm³/mol. The minimum Gasteiger partial charge on any atom is -0.462 e. The number of fused-ring (bicyclic) bond motifs is 1. The Morgan fingerprint density at radius 2 is 1.18 bits per heavy atom. The van der Waals surface area contributed by atoms with Crippen molar-refractivity contribution in [3.8, 4) is 5.75 Å². The summed E-state index contributed by atoms with van der Waals surface area (Å²) in [5.41, 5.74) is -2.09. The Morgan fingerprint density at radius 3 is 1.73 bits per heavy atom. The number of carbonyl (C=O) groups is 3. The van der Waals surface area contributed by atoms with Gasteiger partial charge in [-0.2, -0.15) is 0 Å². The van der Waals surface area contributed by atoms with Crippen molar-refractivity contribution >= 4 is 52.2 Å². The summed E-state index contributed by atoms with van der Waals surface area (Å²) in [6.45, 7) is 3.28. The lowest BCUT2D eigenvalue weighted by atomic mass is 9.98. The second-order valence-corrected chi connectivity index (χ2v) is 16.1. The Balaban J connectivity index is 1.40. The predicted octanol–water partition coefficient (Wildman–Crippen LogP) is -3.21. The lowest BCUT2D eigenvalue weighted by Gasteiger charge is -2.50. The Kier molecular flexibility index (Phi) is 14.5. The molecule has 0 bridgehead atoms. The average molecular weight is 818 g/mol. The van der Waals surface area contributed by atoms with Crippen LogP contribution in [0.4, 0.5) is 0 Å². The van der Waals surface area contributed by atoms with Crippen LogP contribution in [0.25, 0.3) is 11.0 Å². The van der Waals surface area contributed by atoms with E-state index in [2.05, 4.69) is 16.0 Å². The van der Waals surface area contributed by atoms with Crippen LogP contribution < -0.4 is 26.3 Å². The lowest BCUT2D eigenvalue weighted by molar-refractivity contribution is -0.199. The molecule has 2 aromatic rings. The first-order chi connectivity index (χ1) is 26.1. The van der Waals surface area contributed by atoms with Gasteiger partial charge in [0.15, 0.2) is 0 Å². The van der Waals surface area contributed by atoms with Gasteiger partial charge < -0.3 is 75.1 Å². The van der Waals surface area contributed by atoms with Crippen LogP contribution in [0.3, 0.4) is 0 Å². The zero-order valence-corrected chi connectivity index (χ0v) is 31.8. The fourth-order valence-corrected chi connectivity index (χ4v) is 10.0. The maximum Gasteiger partial charge on any atom is 0.336 e. The van der Waals surface area contributed by atoms with Gasteiger partial charge in [-0.25, -0.2) is 4.79 Å². The highest BCUT2D eigenvalue weighted by molar-refractivity contribution is 8.01. The number of hydrogen-bond donors (Lipinski definition) is 10. The molecule has 1 aromatic carbocycles. The number of nitrogens with one attached hydrogen (secondary N) is 3. The number of thioether (sulfide) groups is 2. The molecule has 306 valence electrons. The molecule has 0 saturated carbocycles. The van der Waals surface area contributed by atoms with Crippen molar-refractivity contribution in [2.45, 2.75) is 116 Å². The first-order valence-electron chi connectivity index (χ1n) is 17.4. The molecule has 3 saturated heterocycles. The van der Waals surface area contributed by atoms with E-state index in [1.54, 1.807) is 19.1 Å². The second kappa shape index (κ2) is 18.5. The van der Waals surface area contributed by atoms with Gasteiger partial charge in [-0.05, 0) is 24.6 Å². The quantitative estimate of drug-likeness (QED) is 0.0944. The van der Waals surface area contributed by atoms with Gasteiger partial charge in [0.05, 0.1) is 66.8 Å². The van der Waals surface area contributed by atoms with Gasteiger partial charge in [0, 0.05) is 38.3 Å². The summed E-state index contributed by atoms with van der Waals surface area (Å²) in [7, 11) is 0. The summed E-state index contributed by atoms with van der Waals surface area (Å²) in [5.74, 6) is -1.56. The third-order valence-electron chi connectivity index (χ3n) is 9.45. The van der Waals surface area contributed by atoms with Gasteiger partial charge >= 0.3 is 5.63 Å². The highest BCUT2D eigenvalue weighted by Gasteiger charge is 2.54. The number of aliphatic hydroxyl groups is 7. The molecule has 0 unspecified atom stereocenters. The van der Waals surface area contributed by atoms with E-state index in [1.165, 1.54) is 32.9 Å². The maximum atomic E-state index is 12.5. The van der Waals surface area contributed by atoms with E-state index < -0.39 is 132 Å². The lowest BCUT2D eigenvalue weighted by Crippen LogP contribution is -2.67. The minimum absolute atomic E-state index is 0.158. The number of aliphatic hydroxyl groups excluding tert-OH is 7. The third kappa shape index (κ3) is 9.74. The van der Waals surface area contributed by atoms with E-state index in [-0.39, 0.29) is 11.3 Å². The first kappa shape index (κ1) is 43.1. The molecule has 3 amide bonds. The molecule has 5 rings (SSSR count). The van der Waals surface area contributed by atoms with Crippen LogP contribution in [0, 0.1) is 6.92 Å². The Labute approximate surface area is 323 Å². The monoisotopic (exact) mass is 817 g/mol. The van der Waals surface area contributed by atoms with Gasteiger partial charge in [-0.1, -0.05) is 0 Å². The smallest absolute Gasteiger partial charge is 0.336 e. The van der Waals surface area contributed by atoms with Gasteiger partial charge in [0.1, 0.15) is 46.6 Å². The highest BCUT2D eigenvalue weighted by Crippen LogP contribution is 2.43. The van der Waals surface area contributed by atoms with Crippen LogP contribution in [0.1, 0.15) is 26.3 Å².